The fraction of sp³-hybridized carbons (Fsp3) is 0.222. The van der Waals surface area contributed by atoms with Crippen LogP contribution in [0.15, 0.2) is 5.70 Å². The monoisotopic (exact) mass is 285 g/mol. The van der Waals surface area contributed by atoms with Gasteiger partial charge in [0.25, 0.3) is 0 Å². The Morgan fingerprint density at radius 3 is 1.47 bits per heavy atom. The maximum absolute atomic E-state index is 10.4. The number of carbonyl (C=O) groups is 2. The molecule has 0 rings (SSSR count). The minimum atomic E-state index is -0.741. The molecule has 0 spiro atoms. The average Bonchev–Trinajstić information content (AvgIpc) is 2.34. The normalized spacial score (nSPS) is 5.53. The Morgan fingerprint density at radius 2 is 1.29 bits per heavy atom. The fourth-order valence-corrected chi connectivity index (χ4v) is 0.351. The van der Waals surface area contributed by atoms with Gasteiger partial charge in [-0.2, -0.15) is 0 Å². The number of amides is 1. The molecule has 0 unspecified atom stereocenters. The van der Waals surface area contributed by atoms with Gasteiger partial charge < -0.3 is 29.2 Å². The Balaban J connectivity index is -0.0000000594. The van der Waals surface area contributed by atoms with Gasteiger partial charge in [0.15, 0.2) is 5.97 Å². The molecule has 0 bridgehead atoms. The van der Waals surface area contributed by atoms with E-state index in [1.54, 1.807) is 0 Å². The summed E-state index contributed by atoms with van der Waals surface area (Å²) in [7, 11) is 1.18. The molecule has 0 fully saturated rings. The van der Waals surface area contributed by atoms with Crippen LogP contribution in [0.4, 0.5) is 0 Å². The number of hydrogen-bond donors (Lipinski definition) is 1. The molecular formula is C9H11FeNO6. The van der Waals surface area contributed by atoms with Gasteiger partial charge in [-0.05, 0) is 0 Å². The quantitative estimate of drug-likeness (QED) is 0.224. The fourth-order valence-electron chi connectivity index (χ4n) is 0.351. The van der Waals surface area contributed by atoms with E-state index in [2.05, 4.69) is 30.4 Å². The second kappa shape index (κ2) is 29.2. The van der Waals surface area contributed by atoms with Gasteiger partial charge in [-0.25, -0.2) is 0 Å². The molecule has 7 nitrogen and oxygen atoms in total. The Labute approximate surface area is 110 Å². The molecule has 1 amide bonds. The largest absolute Gasteiger partial charge is 4.00 e. The van der Waals surface area contributed by atoms with E-state index < -0.39 is 11.9 Å². The molecule has 0 aromatic rings. The van der Waals surface area contributed by atoms with E-state index in [0.29, 0.717) is 0 Å². The van der Waals surface area contributed by atoms with E-state index >= 15 is 0 Å². The number of nitrogens with one attached hydrogen (secondary N) is 1. The molecule has 96 valence electrons. The van der Waals surface area contributed by atoms with Gasteiger partial charge in [0.2, 0.25) is 5.91 Å². The van der Waals surface area contributed by atoms with Crippen LogP contribution in [0.2, 0.25) is 0 Å². The second-order valence-electron chi connectivity index (χ2n) is 1.59. The van der Waals surface area contributed by atoms with Crippen LogP contribution in [0.1, 0.15) is 6.92 Å². The van der Waals surface area contributed by atoms with Crippen LogP contribution in [0.5, 0.6) is 0 Å². The molecular weight excluding hydrogens is 274 g/mol. The van der Waals surface area contributed by atoms with Crippen molar-refractivity contribution in [1.82, 2.24) is 5.32 Å². The number of carbonyl (C=O) groups excluding carboxylic acids is 5. The third-order valence-electron chi connectivity index (χ3n) is 0.716. The summed E-state index contributed by atoms with van der Waals surface area (Å²) in [6.07, 6.45) is 0. The van der Waals surface area contributed by atoms with E-state index in [9.17, 15) is 9.59 Å². The van der Waals surface area contributed by atoms with Crippen molar-refractivity contribution in [2.45, 2.75) is 6.92 Å². The molecule has 0 aliphatic carbocycles. The molecule has 0 aromatic carbocycles. The summed E-state index contributed by atoms with van der Waals surface area (Å²) in [6.45, 7) is 16.0. The van der Waals surface area contributed by atoms with Crippen molar-refractivity contribution in [3.63, 3.8) is 0 Å². The summed E-state index contributed by atoms with van der Waals surface area (Å²) in [5.74, 6) is -1.14. The Kier molecular flexibility index (Phi) is 50.7. The van der Waals surface area contributed by atoms with Gasteiger partial charge in [0, 0.05) is 6.92 Å². The molecule has 0 aromatic heterocycles. The maximum atomic E-state index is 10.4. The predicted molar refractivity (Wildman–Crippen MR) is 53.9 cm³/mol. The zero-order valence-corrected chi connectivity index (χ0v) is 10.2. The van der Waals surface area contributed by atoms with Gasteiger partial charge in [-0.3, -0.25) is 31.7 Å². The SMILES string of the molecule is [CH-]=C(NC(C)=O)C(=O)OC.[CH-]=O.[CH-]=O.[CH-]=O.[Fe+4]. The van der Waals surface area contributed by atoms with Crippen molar-refractivity contribution in [3.05, 3.63) is 12.3 Å². The zero-order valence-electron chi connectivity index (χ0n) is 9.11. The molecule has 0 radical (unpaired) electrons. The Bertz CT molecular complexity index is 217. The van der Waals surface area contributed by atoms with Gasteiger partial charge in [-0.1, -0.05) is 5.70 Å². The van der Waals surface area contributed by atoms with Crippen LogP contribution in [-0.2, 0) is 45.8 Å². The van der Waals surface area contributed by atoms with E-state index in [-0.39, 0.29) is 22.8 Å². The smallest absolute Gasteiger partial charge is 0.549 e. The van der Waals surface area contributed by atoms with Crippen LogP contribution in [0.3, 0.4) is 0 Å². The Morgan fingerprint density at radius 1 is 1.00 bits per heavy atom. The number of methoxy groups -OCH3 is 1. The first-order valence-electron chi connectivity index (χ1n) is 3.27. The molecule has 0 heterocycles. The molecule has 0 aliphatic heterocycles. The van der Waals surface area contributed by atoms with Crippen LogP contribution in [-0.4, -0.2) is 39.4 Å². The number of ether oxygens (including phenoxy) is 1. The van der Waals surface area contributed by atoms with Crippen molar-refractivity contribution in [2.75, 3.05) is 7.11 Å². The first-order chi connectivity index (χ1) is 7.57. The van der Waals surface area contributed by atoms with Crippen molar-refractivity contribution < 1.29 is 45.8 Å². The third kappa shape index (κ3) is 31.4. The zero-order chi connectivity index (χ0) is 14.1. The van der Waals surface area contributed by atoms with E-state index in [0.717, 1.165) is 0 Å². The minimum absolute atomic E-state index is 0. The van der Waals surface area contributed by atoms with Gasteiger partial charge in [0.1, 0.15) is 0 Å². The van der Waals surface area contributed by atoms with E-state index in [1.807, 2.05) is 0 Å². The van der Waals surface area contributed by atoms with Crippen molar-refractivity contribution in [2.24, 2.45) is 0 Å². The number of rotatable bonds is 2. The minimum Gasteiger partial charge on any atom is -0.549 e. The second-order valence-corrected chi connectivity index (χ2v) is 1.59. The third-order valence-corrected chi connectivity index (χ3v) is 0.716. The summed E-state index contributed by atoms with van der Waals surface area (Å²) in [5.41, 5.74) is -0.296. The molecule has 1 N–H and O–H groups in total. The van der Waals surface area contributed by atoms with Gasteiger partial charge in [-0.15, -0.1) is 0 Å². The van der Waals surface area contributed by atoms with Crippen LogP contribution in [0.25, 0.3) is 0 Å². The summed E-state index contributed by atoms with van der Waals surface area (Å²) >= 11 is 0. The number of esters is 1. The molecule has 0 saturated carbocycles. The summed E-state index contributed by atoms with van der Waals surface area (Å²) in [5, 5.41) is 2.07. The summed E-state index contributed by atoms with van der Waals surface area (Å²) in [4.78, 5) is 44.0. The Hall–Kier alpha value is -1.79. The standard InChI is InChI=1S/C6H8NO3.3CHO.Fe/c1-4(6(9)10-3)7-5(2)8;3*1-2;/h1H,2-3H3,(H,7,8);3*1H;/q4*-1;+4. The van der Waals surface area contributed by atoms with E-state index in [4.69, 9.17) is 21.0 Å². The molecule has 0 atom stereocenters. The van der Waals surface area contributed by atoms with Crippen LogP contribution in [0, 0.1) is 6.58 Å². The number of hydrogen-bond acceptors (Lipinski definition) is 6. The first-order valence-corrected chi connectivity index (χ1v) is 3.27. The predicted octanol–water partition coefficient (Wildman–Crippen LogP) is -1.21. The molecule has 8 heteroatoms. The van der Waals surface area contributed by atoms with Crippen molar-refractivity contribution >= 4 is 32.2 Å². The van der Waals surface area contributed by atoms with E-state index in [1.165, 1.54) is 14.0 Å². The average molecular weight is 285 g/mol. The molecule has 0 saturated heterocycles. The van der Waals surface area contributed by atoms with Crippen molar-refractivity contribution in [1.29, 1.82) is 0 Å². The summed E-state index contributed by atoms with van der Waals surface area (Å²) in [6, 6.07) is 0. The molecule has 17 heavy (non-hydrogen) atoms. The van der Waals surface area contributed by atoms with Crippen LogP contribution < -0.4 is 5.32 Å². The summed E-state index contributed by atoms with van der Waals surface area (Å²) < 4.78 is 4.20. The maximum Gasteiger partial charge on any atom is 4.00 e. The van der Waals surface area contributed by atoms with Crippen molar-refractivity contribution in [3.8, 4) is 0 Å². The first kappa shape index (κ1) is 29.5. The van der Waals surface area contributed by atoms with Gasteiger partial charge >= 0.3 is 17.1 Å². The van der Waals surface area contributed by atoms with Crippen LogP contribution >= 0.6 is 0 Å². The molecule has 0 aliphatic rings. The van der Waals surface area contributed by atoms with Gasteiger partial charge in [0.05, 0.1) is 7.11 Å². The topological polar surface area (TPSA) is 107 Å².